The van der Waals surface area contributed by atoms with Gasteiger partial charge in [-0.05, 0) is 24.6 Å². The average Bonchev–Trinajstić information content (AvgIpc) is 2.84. The van der Waals surface area contributed by atoms with E-state index in [1.807, 2.05) is 30.3 Å². The SMILES string of the molecule is COc1ccc(C2(O)C(=N)/C(=C(/C)O)C(=O)N2Cc2ccccc2)cc1. The highest BCUT2D eigenvalue weighted by atomic mass is 16.5. The van der Waals surface area contributed by atoms with E-state index < -0.39 is 11.6 Å². The number of benzene rings is 2. The lowest BCUT2D eigenvalue weighted by Gasteiger charge is -2.33. The van der Waals surface area contributed by atoms with E-state index in [2.05, 4.69) is 0 Å². The third-order valence-corrected chi connectivity index (χ3v) is 4.49. The molecule has 1 atom stereocenters. The van der Waals surface area contributed by atoms with Gasteiger partial charge < -0.3 is 14.9 Å². The zero-order valence-electron chi connectivity index (χ0n) is 14.6. The van der Waals surface area contributed by atoms with Gasteiger partial charge in [0.05, 0.1) is 7.11 Å². The summed E-state index contributed by atoms with van der Waals surface area (Å²) in [6.45, 7) is 1.43. The first-order valence-electron chi connectivity index (χ1n) is 8.11. The molecule has 1 saturated heterocycles. The van der Waals surface area contributed by atoms with Crippen molar-refractivity contribution in [2.24, 2.45) is 0 Å². The fourth-order valence-electron chi connectivity index (χ4n) is 3.11. The van der Waals surface area contributed by atoms with E-state index in [1.54, 1.807) is 24.3 Å². The molecule has 3 rings (SSSR count). The number of nitrogens with one attached hydrogen (secondary N) is 1. The van der Waals surface area contributed by atoms with Crippen LogP contribution >= 0.6 is 0 Å². The number of likely N-dealkylation sites (tertiary alicyclic amines) is 1. The zero-order chi connectivity index (χ0) is 18.9. The lowest BCUT2D eigenvalue weighted by atomic mass is 9.95. The summed E-state index contributed by atoms with van der Waals surface area (Å²) < 4.78 is 5.13. The summed E-state index contributed by atoms with van der Waals surface area (Å²) in [5.41, 5.74) is -1.34. The van der Waals surface area contributed by atoms with Gasteiger partial charge in [0.1, 0.15) is 22.8 Å². The molecule has 6 nitrogen and oxygen atoms in total. The van der Waals surface area contributed by atoms with Gasteiger partial charge in [0.25, 0.3) is 5.91 Å². The van der Waals surface area contributed by atoms with E-state index >= 15 is 0 Å². The van der Waals surface area contributed by atoms with Gasteiger partial charge >= 0.3 is 0 Å². The highest BCUT2D eigenvalue weighted by molar-refractivity contribution is 6.29. The van der Waals surface area contributed by atoms with Crippen molar-refractivity contribution in [1.82, 2.24) is 4.90 Å². The van der Waals surface area contributed by atoms with Gasteiger partial charge in [0.2, 0.25) is 5.72 Å². The van der Waals surface area contributed by atoms with Crippen LogP contribution in [-0.4, -0.2) is 33.8 Å². The quantitative estimate of drug-likeness (QED) is 0.582. The molecule has 3 N–H and O–H groups in total. The van der Waals surface area contributed by atoms with Crippen LogP contribution in [0.25, 0.3) is 0 Å². The minimum absolute atomic E-state index is 0.0986. The van der Waals surface area contributed by atoms with Crippen LogP contribution < -0.4 is 4.74 Å². The summed E-state index contributed by atoms with van der Waals surface area (Å²) >= 11 is 0. The number of hydrogen-bond donors (Lipinski definition) is 3. The lowest BCUT2D eigenvalue weighted by Crippen LogP contribution is -2.46. The Morgan fingerprint density at radius 1 is 1.15 bits per heavy atom. The molecule has 0 bridgehead atoms. The number of ether oxygens (including phenoxy) is 1. The molecule has 1 heterocycles. The largest absolute Gasteiger partial charge is 0.512 e. The Labute approximate surface area is 151 Å². The van der Waals surface area contributed by atoms with Gasteiger partial charge in [-0.2, -0.15) is 0 Å². The number of carbonyl (C=O) groups excluding carboxylic acids is 1. The van der Waals surface area contributed by atoms with Crippen LogP contribution in [0.5, 0.6) is 5.75 Å². The van der Waals surface area contributed by atoms with Crippen molar-refractivity contribution in [1.29, 1.82) is 5.41 Å². The predicted molar refractivity (Wildman–Crippen MR) is 96.9 cm³/mol. The Kier molecular flexibility index (Phi) is 4.52. The van der Waals surface area contributed by atoms with Crippen molar-refractivity contribution in [3.8, 4) is 5.75 Å². The maximum atomic E-state index is 12.9. The van der Waals surface area contributed by atoms with E-state index in [0.717, 1.165) is 5.56 Å². The van der Waals surface area contributed by atoms with Crippen LogP contribution in [0.15, 0.2) is 65.9 Å². The van der Waals surface area contributed by atoms with E-state index in [1.165, 1.54) is 18.9 Å². The Balaban J connectivity index is 2.12. The first-order valence-corrected chi connectivity index (χ1v) is 8.11. The second-order valence-corrected chi connectivity index (χ2v) is 6.11. The summed E-state index contributed by atoms with van der Waals surface area (Å²) in [7, 11) is 1.53. The van der Waals surface area contributed by atoms with Crippen molar-refractivity contribution >= 4 is 11.6 Å². The minimum Gasteiger partial charge on any atom is -0.512 e. The molecule has 0 radical (unpaired) electrons. The van der Waals surface area contributed by atoms with Gasteiger partial charge in [-0.25, -0.2) is 0 Å². The van der Waals surface area contributed by atoms with Crippen LogP contribution in [0.1, 0.15) is 18.1 Å². The molecule has 0 spiro atoms. The van der Waals surface area contributed by atoms with Crippen molar-refractivity contribution in [3.63, 3.8) is 0 Å². The average molecular weight is 352 g/mol. The number of hydrogen-bond acceptors (Lipinski definition) is 5. The molecule has 0 saturated carbocycles. The van der Waals surface area contributed by atoms with Crippen LogP contribution in [0.2, 0.25) is 0 Å². The summed E-state index contributed by atoms with van der Waals surface area (Å²) in [5, 5.41) is 29.7. The molecule has 0 aromatic heterocycles. The highest BCUT2D eigenvalue weighted by Crippen LogP contribution is 2.39. The van der Waals surface area contributed by atoms with Crippen molar-refractivity contribution in [2.75, 3.05) is 7.11 Å². The maximum absolute atomic E-state index is 12.9. The fourth-order valence-corrected chi connectivity index (χ4v) is 3.11. The number of rotatable bonds is 4. The molecule has 0 aliphatic carbocycles. The highest BCUT2D eigenvalue weighted by Gasteiger charge is 2.54. The van der Waals surface area contributed by atoms with E-state index in [9.17, 15) is 15.0 Å². The van der Waals surface area contributed by atoms with Gasteiger partial charge in [-0.1, -0.05) is 42.5 Å². The van der Waals surface area contributed by atoms with Gasteiger partial charge in [-0.15, -0.1) is 0 Å². The molecule has 1 fully saturated rings. The van der Waals surface area contributed by atoms with Crippen LogP contribution in [-0.2, 0) is 17.1 Å². The third-order valence-electron chi connectivity index (χ3n) is 4.49. The molecule has 1 unspecified atom stereocenters. The molecule has 2 aromatic rings. The van der Waals surface area contributed by atoms with E-state index in [4.69, 9.17) is 10.1 Å². The Morgan fingerprint density at radius 3 is 2.31 bits per heavy atom. The summed E-state index contributed by atoms with van der Waals surface area (Å²) in [5.74, 6) is -0.281. The van der Waals surface area contributed by atoms with Gasteiger partial charge in [0.15, 0.2) is 0 Å². The first kappa shape index (κ1) is 17.7. The number of amides is 1. The molecule has 134 valence electrons. The van der Waals surface area contributed by atoms with E-state index in [0.29, 0.717) is 11.3 Å². The number of nitrogens with zero attached hydrogens (tertiary/aromatic N) is 1. The molecule has 1 aliphatic rings. The standard InChI is InChI=1S/C20H20N2O4/c1-13(23)17-18(21)20(25,15-8-10-16(26-2)11-9-15)22(19(17)24)12-14-6-4-3-5-7-14/h3-11,21,23,25H,12H2,1-2H3/b17-13+,21-18?. The Bertz CT molecular complexity index is 870. The minimum atomic E-state index is -1.97. The number of methoxy groups -OCH3 is 1. The lowest BCUT2D eigenvalue weighted by molar-refractivity contribution is -0.141. The number of aliphatic hydroxyl groups excluding tert-OH is 1. The van der Waals surface area contributed by atoms with Crippen LogP contribution in [0.4, 0.5) is 0 Å². The summed E-state index contributed by atoms with van der Waals surface area (Å²) in [6.07, 6.45) is 0. The van der Waals surface area contributed by atoms with Crippen molar-refractivity contribution in [3.05, 3.63) is 77.1 Å². The second kappa shape index (κ2) is 6.65. The maximum Gasteiger partial charge on any atom is 0.262 e. The molecule has 26 heavy (non-hydrogen) atoms. The molecule has 6 heteroatoms. The summed E-state index contributed by atoms with van der Waals surface area (Å²) in [4.78, 5) is 14.1. The van der Waals surface area contributed by atoms with Crippen LogP contribution in [0, 0.1) is 5.41 Å². The Hall–Kier alpha value is -3.12. The predicted octanol–water partition coefficient (Wildman–Crippen LogP) is 2.73. The molecule has 1 amide bonds. The molecule has 2 aromatic carbocycles. The van der Waals surface area contributed by atoms with Crippen molar-refractivity contribution < 1.29 is 19.7 Å². The topological polar surface area (TPSA) is 93.9 Å². The van der Waals surface area contributed by atoms with Crippen LogP contribution in [0.3, 0.4) is 0 Å². The second-order valence-electron chi connectivity index (χ2n) is 6.11. The Morgan fingerprint density at radius 2 is 1.77 bits per heavy atom. The molecular formula is C20H20N2O4. The molecule has 1 aliphatic heterocycles. The number of allylic oxidation sites excluding steroid dienone is 1. The van der Waals surface area contributed by atoms with Gasteiger partial charge in [0, 0.05) is 12.1 Å². The van der Waals surface area contributed by atoms with Crippen molar-refractivity contribution in [2.45, 2.75) is 19.2 Å². The molecular weight excluding hydrogens is 332 g/mol. The first-order chi connectivity index (χ1) is 12.4. The fraction of sp³-hybridized carbons (Fsp3) is 0.200. The van der Waals surface area contributed by atoms with Gasteiger partial charge in [-0.3, -0.25) is 15.1 Å². The number of aliphatic hydroxyl groups is 2. The summed E-state index contributed by atoms with van der Waals surface area (Å²) in [6, 6.07) is 15.7. The smallest absolute Gasteiger partial charge is 0.262 e. The zero-order valence-corrected chi connectivity index (χ0v) is 14.6. The normalized spacial score (nSPS) is 21.9. The number of carbonyl (C=O) groups is 1. The third kappa shape index (κ3) is 2.74. The van der Waals surface area contributed by atoms with E-state index in [-0.39, 0.29) is 23.6 Å². The monoisotopic (exact) mass is 352 g/mol.